The van der Waals surface area contributed by atoms with Gasteiger partial charge in [0.2, 0.25) is 0 Å². The highest BCUT2D eigenvalue weighted by Crippen LogP contribution is 2.24. The third-order valence-electron chi connectivity index (χ3n) is 2.95. The molecule has 0 atom stereocenters. The summed E-state index contributed by atoms with van der Waals surface area (Å²) in [6.07, 6.45) is 0. The van der Waals surface area contributed by atoms with Crippen molar-refractivity contribution in [3.8, 4) is 5.75 Å². The zero-order chi connectivity index (χ0) is 14.7. The molecule has 1 fully saturated rings. The maximum Gasteiger partial charge on any atom is 0.335 e. The Hall–Kier alpha value is -2.09. The molecule has 0 aromatic heterocycles. The van der Waals surface area contributed by atoms with Crippen molar-refractivity contribution in [2.24, 2.45) is 0 Å². The van der Waals surface area contributed by atoms with Crippen molar-refractivity contribution in [2.45, 2.75) is 0 Å². The van der Waals surface area contributed by atoms with Gasteiger partial charge in [0.15, 0.2) is 0 Å². The molecule has 0 bridgehead atoms. The number of rotatable bonds is 2. The summed E-state index contributed by atoms with van der Waals surface area (Å²) in [6, 6.07) is 3.30. The van der Waals surface area contributed by atoms with Crippen molar-refractivity contribution in [3.05, 3.63) is 23.8 Å². The SMILES string of the molecule is O=C(O)c1ccc(NC(=O)N2CCS(=O)CC2)c(O)c1. The largest absolute Gasteiger partial charge is 0.506 e. The topological polar surface area (TPSA) is 107 Å². The fraction of sp³-hybridized carbons (Fsp3) is 0.333. The van der Waals surface area contributed by atoms with Crippen molar-refractivity contribution < 1.29 is 24.0 Å². The van der Waals surface area contributed by atoms with Crippen LogP contribution >= 0.6 is 0 Å². The summed E-state index contributed by atoms with van der Waals surface area (Å²) in [6.45, 7) is 0.791. The minimum absolute atomic E-state index is 0.0612. The Balaban J connectivity index is 2.04. The number of benzene rings is 1. The maximum atomic E-state index is 11.9. The molecule has 1 aromatic carbocycles. The zero-order valence-corrected chi connectivity index (χ0v) is 11.4. The number of aromatic carboxylic acids is 1. The van der Waals surface area contributed by atoms with E-state index in [0.29, 0.717) is 24.6 Å². The van der Waals surface area contributed by atoms with Crippen LogP contribution in [0.2, 0.25) is 0 Å². The highest BCUT2D eigenvalue weighted by Gasteiger charge is 2.20. The molecule has 0 aliphatic carbocycles. The molecule has 1 aromatic rings. The highest BCUT2D eigenvalue weighted by atomic mass is 32.2. The average Bonchev–Trinajstić information content (AvgIpc) is 2.41. The number of carboxylic acids is 1. The molecular weight excluding hydrogens is 284 g/mol. The minimum Gasteiger partial charge on any atom is -0.506 e. The van der Waals surface area contributed by atoms with Crippen LogP contribution in [0.1, 0.15) is 10.4 Å². The van der Waals surface area contributed by atoms with Crippen molar-refractivity contribution in [1.29, 1.82) is 0 Å². The fourth-order valence-electron chi connectivity index (χ4n) is 1.81. The number of anilines is 1. The van der Waals surface area contributed by atoms with E-state index in [0.717, 1.165) is 6.07 Å². The second kappa shape index (κ2) is 5.91. The fourth-order valence-corrected chi connectivity index (χ4v) is 2.86. The quantitative estimate of drug-likeness (QED) is 0.696. The lowest BCUT2D eigenvalue weighted by Gasteiger charge is -2.26. The Morgan fingerprint density at radius 2 is 1.90 bits per heavy atom. The standard InChI is InChI=1S/C12H14N2O5S/c15-10-7-8(11(16)17)1-2-9(10)13-12(18)14-3-5-20(19)6-4-14/h1-2,7,15H,3-6H2,(H,13,18)(H,16,17). The summed E-state index contributed by atoms with van der Waals surface area (Å²) >= 11 is 0. The van der Waals surface area contributed by atoms with Crippen molar-refractivity contribution in [1.82, 2.24) is 4.90 Å². The smallest absolute Gasteiger partial charge is 0.335 e. The summed E-state index contributed by atoms with van der Waals surface area (Å²) in [7, 11) is -0.873. The van der Waals surface area contributed by atoms with Crippen molar-refractivity contribution >= 4 is 28.5 Å². The van der Waals surface area contributed by atoms with Crippen LogP contribution in [-0.4, -0.2) is 55.9 Å². The van der Waals surface area contributed by atoms with Gasteiger partial charge in [-0.3, -0.25) is 4.21 Å². The predicted molar refractivity (Wildman–Crippen MR) is 73.5 cm³/mol. The van der Waals surface area contributed by atoms with Crippen LogP contribution in [0.4, 0.5) is 10.5 Å². The molecule has 0 radical (unpaired) electrons. The van der Waals surface area contributed by atoms with Gasteiger partial charge < -0.3 is 20.4 Å². The van der Waals surface area contributed by atoms with Gasteiger partial charge >= 0.3 is 12.0 Å². The van der Waals surface area contributed by atoms with E-state index < -0.39 is 22.8 Å². The second-order valence-corrected chi connectivity index (χ2v) is 6.00. The maximum absolute atomic E-state index is 11.9. The number of nitrogens with one attached hydrogen (secondary N) is 1. The predicted octanol–water partition coefficient (Wildman–Crippen LogP) is 0.687. The number of carbonyl (C=O) groups excluding carboxylic acids is 1. The summed E-state index contributed by atoms with van der Waals surface area (Å²) < 4.78 is 11.2. The molecule has 1 aliphatic rings. The first kappa shape index (κ1) is 14.3. The van der Waals surface area contributed by atoms with E-state index in [2.05, 4.69) is 5.32 Å². The molecule has 0 unspecified atom stereocenters. The number of hydrogen-bond acceptors (Lipinski definition) is 4. The zero-order valence-electron chi connectivity index (χ0n) is 10.5. The normalized spacial score (nSPS) is 15.9. The molecule has 8 heteroatoms. The van der Waals surface area contributed by atoms with Gasteiger partial charge in [-0.25, -0.2) is 9.59 Å². The highest BCUT2D eigenvalue weighted by molar-refractivity contribution is 7.85. The van der Waals surface area contributed by atoms with E-state index in [4.69, 9.17) is 5.11 Å². The van der Waals surface area contributed by atoms with Gasteiger partial charge in [0.05, 0.1) is 11.3 Å². The van der Waals surface area contributed by atoms with Gasteiger partial charge in [0.25, 0.3) is 0 Å². The van der Waals surface area contributed by atoms with Gasteiger partial charge in [-0.05, 0) is 18.2 Å². The first-order valence-corrected chi connectivity index (χ1v) is 7.43. The molecule has 0 spiro atoms. The molecule has 1 heterocycles. The Labute approximate surface area is 117 Å². The molecule has 2 rings (SSSR count). The summed E-state index contributed by atoms with van der Waals surface area (Å²) in [5.74, 6) is -0.579. The molecule has 20 heavy (non-hydrogen) atoms. The third kappa shape index (κ3) is 3.27. The van der Waals surface area contributed by atoms with Gasteiger partial charge in [-0.2, -0.15) is 0 Å². The Morgan fingerprint density at radius 3 is 2.45 bits per heavy atom. The van der Waals surface area contributed by atoms with Crippen molar-refractivity contribution in [2.75, 3.05) is 29.9 Å². The molecule has 108 valence electrons. The van der Waals surface area contributed by atoms with E-state index >= 15 is 0 Å². The van der Waals surface area contributed by atoms with Crippen LogP contribution in [0.5, 0.6) is 5.75 Å². The number of aromatic hydroxyl groups is 1. The molecule has 1 aliphatic heterocycles. The number of nitrogens with zero attached hydrogens (tertiary/aromatic N) is 1. The number of amides is 2. The number of phenols is 1. The van der Waals surface area contributed by atoms with Crippen LogP contribution in [-0.2, 0) is 10.8 Å². The van der Waals surface area contributed by atoms with Gasteiger partial charge in [0.1, 0.15) is 5.75 Å². The van der Waals surface area contributed by atoms with Crippen LogP contribution in [0, 0.1) is 0 Å². The Morgan fingerprint density at radius 1 is 1.25 bits per heavy atom. The number of carboxylic acid groups (broad SMARTS) is 1. The Bertz CT molecular complexity index is 565. The summed E-state index contributed by atoms with van der Waals surface area (Å²) in [5, 5.41) is 21.0. The lowest BCUT2D eigenvalue weighted by molar-refractivity contribution is 0.0696. The lowest BCUT2D eigenvalue weighted by Crippen LogP contribution is -2.43. The molecule has 3 N–H and O–H groups in total. The number of phenolic OH excluding ortho intramolecular Hbond substituents is 1. The summed E-state index contributed by atoms with van der Waals surface area (Å²) in [5.41, 5.74) is 0.0839. The van der Waals surface area contributed by atoms with E-state index in [-0.39, 0.29) is 17.0 Å². The minimum atomic E-state index is -1.16. The lowest BCUT2D eigenvalue weighted by atomic mass is 10.2. The molecular formula is C12H14N2O5S. The van der Waals surface area contributed by atoms with Gasteiger partial charge in [-0.1, -0.05) is 0 Å². The van der Waals surface area contributed by atoms with Crippen molar-refractivity contribution in [3.63, 3.8) is 0 Å². The van der Waals surface area contributed by atoms with E-state index in [1.54, 1.807) is 0 Å². The van der Waals surface area contributed by atoms with Crippen LogP contribution in [0.15, 0.2) is 18.2 Å². The van der Waals surface area contributed by atoms with Crippen LogP contribution in [0.3, 0.4) is 0 Å². The first-order valence-electron chi connectivity index (χ1n) is 5.94. The Kier molecular flexibility index (Phi) is 4.23. The van der Waals surface area contributed by atoms with Gasteiger partial charge in [-0.15, -0.1) is 0 Å². The number of carbonyl (C=O) groups is 2. The number of hydrogen-bond donors (Lipinski definition) is 3. The molecule has 7 nitrogen and oxygen atoms in total. The third-order valence-corrected chi connectivity index (χ3v) is 4.23. The average molecular weight is 298 g/mol. The number of urea groups is 1. The van der Waals surface area contributed by atoms with Crippen LogP contribution < -0.4 is 5.32 Å². The van der Waals surface area contributed by atoms with E-state index in [1.807, 2.05) is 0 Å². The molecule has 0 saturated carbocycles. The van der Waals surface area contributed by atoms with Crippen LogP contribution in [0.25, 0.3) is 0 Å². The summed E-state index contributed by atoms with van der Waals surface area (Å²) in [4.78, 5) is 24.2. The monoisotopic (exact) mass is 298 g/mol. The molecule has 2 amide bonds. The molecule has 1 saturated heterocycles. The van der Waals surface area contributed by atoms with Gasteiger partial charge in [0, 0.05) is 35.4 Å². The second-order valence-electron chi connectivity index (χ2n) is 4.30. The first-order chi connectivity index (χ1) is 9.47. The van der Waals surface area contributed by atoms with E-state index in [1.165, 1.54) is 17.0 Å². The van der Waals surface area contributed by atoms with E-state index in [9.17, 15) is 18.9 Å².